The monoisotopic (exact) mass is 295 g/mol. The number of pyridine rings is 1. The standard InChI is InChI=1S/C14H21N3O4/c1-14(9-21-8-11(14)15)13(19)16-10-3-4-12(18)17(7-10)5-6-20-2/h3-4,7,11H,5-6,8-9,15H2,1-2H3,(H,16,19). The number of carbonyl (C=O) groups is 1. The van der Waals surface area contributed by atoms with Gasteiger partial charge in [-0.3, -0.25) is 9.59 Å². The molecule has 1 aromatic rings. The summed E-state index contributed by atoms with van der Waals surface area (Å²) in [6, 6.07) is 2.66. The topological polar surface area (TPSA) is 95.6 Å². The molecular weight excluding hydrogens is 274 g/mol. The number of ether oxygens (including phenoxy) is 2. The Bertz CT molecular complexity index is 572. The average molecular weight is 295 g/mol. The molecule has 21 heavy (non-hydrogen) atoms. The molecule has 1 fully saturated rings. The van der Waals surface area contributed by atoms with Crippen LogP contribution in [0.3, 0.4) is 0 Å². The number of nitrogens with two attached hydrogens (primary N) is 1. The van der Waals surface area contributed by atoms with Gasteiger partial charge in [0.15, 0.2) is 0 Å². The summed E-state index contributed by atoms with van der Waals surface area (Å²) in [5.74, 6) is -0.204. The maximum Gasteiger partial charge on any atom is 0.250 e. The predicted octanol–water partition coefficient (Wildman–Crippen LogP) is -0.203. The first-order chi connectivity index (χ1) is 9.97. The van der Waals surface area contributed by atoms with Crippen LogP contribution in [-0.2, 0) is 20.8 Å². The molecule has 0 aliphatic carbocycles. The Kier molecular flexibility index (Phi) is 4.76. The van der Waals surface area contributed by atoms with Crippen molar-refractivity contribution >= 4 is 11.6 Å². The number of hydrogen-bond donors (Lipinski definition) is 2. The van der Waals surface area contributed by atoms with Gasteiger partial charge in [0.25, 0.3) is 5.56 Å². The van der Waals surface area contributed by atoms with Crippen molar-refractivity contribution in [3.63, 3.8) is 0 Å². The fraction of sp³-hybridized carbons (Fsp3) is 0.571. The van der Waals surface area contributed by atoms with Crippen LogP contribution in [0.25, 0.3) is 0 Å². The third-order valence-corrected chi connectivity index (χ3v) is 3.81. The first kappa shape index (κ1) is 15.7. The number of methoxy groups -OCH3 is 1. The summed E-state index contributed by atoms with van der Waals surface area (Å²) in [6.45, 7) is 3.30. The summed E-state index contributed by atoms with van der Waals surface area (Å²) in [4.78, 5) is 24.1. The molecule has 7 heteroatoms. The Morgan fingerprint density at radius 3 is 3.00 bits per heavy atom. The second-order valence-corrected chi connectivity index (χ2v) is 5.44. The van der Waals surface area contributed by atoms with Gasteiger partial charge in [-0.15, -0.1) is 0 Å². The van der Waals surface area contributed by atoms with Crippen LogP contribution < -0.4 is 16.6 Å². The van der Waals surface area contributed by atoms with Crippen LogP contribution in [-0.4, -0.2) is 43.4 Å². The van der Waals surface area contributed by atoms with Crippen LogP contribution in [0.4, 0.5) is 5.69 Å². The highest BCUT2D eigenvalue weighted by atomic mass is 16.5. The summed E-state index contributed by atoms with van der Waals surface area (Å²) in [6.07, 6.45) is 1.60. The van der Waals surface area contributed by atoms with E-state index in [1.807, 2.05) is 0 Å². The quantitative estimate of drug-likeness (QED) is 0.784. The zero-order valence-corrected chi connectivity index (χ0v) is 12.3. The van der Waals surface area contributed by atoms with Crippen LogP contribution in [0.1, 0.15) is 6.92 Å². The van der Waals surface area contributed by atoms with E-state index in [2.05, 4.69) is 5.32 Å². The van der Waals surface area contributed by atoms with E-state index in [0.717, 1.165) is 0 Å². The highest BCUT2D eigenvalue weighted by molar-refractivity contribution is 5.95. The molecule has 0 bridgehead atoms. The van der Waals surface area contributed by atoms with Gasteiger partial charge < -0.3 is 25.1 Å². The Hall–Kier alpha value is -1.70. The fourth-order valence-electron chi connectivity index (χ4n) is 2.17. The zero-order chi connectivity index (χ0) is 15.5. The van der Waals surface area contributed by atoms with Crippen molar-refractivity contribution in [1.29, 1.82) is 0 Å². The SMILES string of the molecule is COCCn1cc(NC(=O)C2(C)COCC2N)ccc1=O. The van der Waals surface area contributed by atoms with Gasteiger partial charge in [-0.25, -0.2) is 0 Å². The second kappa shape index (κ2) is 6.38. The molecule has 1 aromatic heterocycles. The molecule has 0 aromatic carbocycles. The average Bonchev–Trinajstić information content (AvgIpc) is 2.80. The summed E-state index contributed by atoms with van der Waals surface area (Å²) in [5, 5.41) is 2.80. The third kappa shape index (κ3) is 3.31. The van der Waals surface area contributed by atoms with Crippen LogP contribution in [0.15, 0.2) is 23.1 Å². The van der Waals surface area contributed by atoms with E-state index in [1.54, 1.807) is 26.3 Å². The molecule has 1 aliphatic rings. The lowest BCUT2D eigenvalue weighted by molar-refractivity contribution is -0.125. The summed E-state index contributed by atoms with van der Waals surface area (Å²) >= 11 is 0. The Balaban J connectivity index is 2.12. The van der Waals surface area contributed by atoms with Gasteiger partial charge in [0, 0.05) is 32.0 Å². The maximum absolute atomic E-state index is 12.4. The Morgan fingerprint density at radius 1 is 1.62 bits per heavy atom. The van der Waals surface area contributed by atoms with Crippen molar-refractivity contribution in [2.75, 3.05) is 32.2 Å². The molecule has 2 atom stereocenters. The lowest BCUT2D eigenvalue weighted by atomic mass is 9.85. The van der Waals surface area contributed by atoms with Gasteiger partial charge in [-0.05, 0) is 13.0 Å². The first-order valence-electron chi connectivity index (χ1n) is 6.81. The minimum Gasteiger partial charge on any atom is -0.383 e. The number of anilines is 1. The fourth-order valence-corrected chi connectivity index (χ4v) is 2.17. The molecule has 2 unspecified atom stereocenters. The lowest BCUT2D eigenvalue weighted by Crippen LogP contribution is -2.47. The summed E-state index contributed by atoms with van der Waals surface area (Å²) < 4.78 is 11.7. The molecule has 7 nitrogen and oxygen atoms in total. The number of nitrogens with one attached hydrogen (secondary N) is 1. The molecule has 2 heterocycles. The molecule has 116 valence electrons. The van der Waals surface area contributed by atoms with Crippen molar-refractivity contribution in [3.8, 4) is 0 Å². The van der Waals surface area contributed by atoms with E-state index in [1.165, 1.54) is 10.6 Å². The number of carbonyl (C=O) groups excluding carboxylic acids is 1. The molecular formula is C14H21N3O4. The van der Waals surface area contributed by atoms with Crippen molar-refractivity contribution in [3.05, 3.63) is 28.7 Å². The summed E-state index contributed by atoms with van der Waals surface area (Å²) in [7, 11) is 1.57. The zero-order valence-electron chi connectivity index (χ0n) is 12.3. The van der Waals surface area contributed by atoms with Crippen LogP contribution >= 0.6 is 0 Å². The van der Waals surface area contributed by atoms with Crippen molar-refractivity contribution < 1.29 is 14.3 Å². The van der Waals surface area contributed by atoms with Crippen LogP contribution in [0, 0.1) is 5.41 Å². The van der Waals surface area contributed by atoms with Gasteiger partial charge in [-0.2, -0.15) is 0 Å². The molecule has 1 aliphatic heterocycles. The van der Waals surface area contributed by atoms with Gasteiger partial charge >= 0.3 is 0 Å². The molecule has 0 radical (unpaired) electrons. The van der Waals surface area contributed by atoms with Crippen molar-refractivity contribution in [2.45, 2.75) is 19.5 Å². The minimum absolute atomic E-state index is 0.142. The van der Waals surface area contributed by atoms with E-state index in [-0.39, 0.29) is 17.5 Å². The van der Waals surface area contributed by atoms with Crippen LogP contribution in [0.5, 0.6) is 0 Å². The van der Waals surface area contributed by atoms with E-state index < -0.39 is 5.41 Å². The lowest BCUT2D eigenvalue weighted by Gasteiger charge is -2.25. The van der Waals surface area contributed by atoms with E-state index in [4.69, 9.17) is 15.2 Å². The molecule has 2 rings (SSSR count). The highest BCUT2D eigenvalue weighted by Crippen LogP contribution is 2.28. The molecule has 0 spiro atoms. The number of hydrogen-bond acceptors (Lipinski definition) is 5. The first-order valence-corrected chi connectivity index (χ1v) is 6.81. The highest BCUT2D eigenvalue weighted by Gasteiger charge is 2.44. The normalized spacial score (nSPS) is 25.0. The van der Waals surface area contributed by atoms with Crippen LogP contribution in [0.2, 0.25) is 0 Å². The smallest absolute Gasteiger partial charge is 0.250 e. The number of amides is 1. The Labute approximate surface area is 123 Å². The van der Waals surface area contributed by atoms with Crippen molar-refractivity contribution in [1.82, 2.24) is 4.57 Å². The van der Waals surface area contributed by atoms with E-state index in [9.17, 15) is 9.59 Å². The summed E-state index contributed by atoms with van der Waals surface area (Å²) in [5.41, 5.74) is 5.58. The third-order valence-electron chi connectivity index (χ3n) is 3.81. The number of nitrogens with zero attached hydrogens (tertiary/aromatic N) is 1. The molecule has 1 amide bonds. The van der Waals surface area contributed by atoms with Gasteiger partial charge in [0.1, 0.15) is 0 Å². The maximum atomic E-state index is 12.4. The molecule has 3 N–H and O–H groups in total. The van der Waals surface area contributed by atoms with Gasteiger partial charge in [0.05, 0.1) is 30.9 Å². The largest absolute Gasteiger partial charge is 0.383 e. The van der Waals surface area contributed by atoms with Gasteiger partial charge in [-0.1, -0.05) is 0 Å². The second-order valence-electron chi connectivity index (χ2n) is 5.44. The predicted molar refractivity (Wildman–Crippen MR) is 78.1 cm³/mol. The number of aromatic nitrogens is 1. The van der Waals surface area contributed by atoms with Gasteiger partial charge in [0.2, 0.25) is 5.91 Å². The minimum atomic E-state index is -0.756. The Morgan fingerprint density at radius 2 is 2.38 bits per heavy atom. The van der Waals surface area contributed by atoms with E-state index >= 15 is 0 Å². The van der Waals surface area contributed by atoms with Crippen molar-refractivity contribution in [2.24, 2.45) is 11.1 Å². The molecule has 0 saturated carbocycles. The molecule has 1 saturated heterocycles. The number of rotatable bonds is 5. The van der Waals surface area contributed by atoms with E-state index in [0.29, 0.717) is 32.1 Å².